The number of halogens is 3. The number of alkyl halides is 3. The zero-order chi connectivity index (χ0) is 17.3. The molecular formula is C18H18F3NO2. The zero-order valence-electron chi connectivity index (χ0n) is 13.4. The second-order valence-electron chi connectivity index (χ2n) is 5.63. The van der Waals surface area contributed by atoms with Gasteiger partial charge in [0.05, 0.1) is 14.2 Å². The molecule has 3 nitrogen and oxygen atoms in total. The van der Waals surface area contributed by atoms with Crippen LogP contribution in [0.5, 0.6) is 11.5 Å². The van der Waals surface area contributed by atoms with E-state index in [0.717, 1.165) is 5.56 Å². The molecule has 1 atom stereocenters. The van der Waals surface area contributed by atoms with Crippen LogP contribution in [0.3, 0.4) is 0 Å². The highest BCUT2D eigenvalue weighted by Crippen LogP contribution is 2.46. The summed E-state index contributed by atoms with van der Waals surface area (Å²) in [6, 6.07) is 9.68. The highest BCUT2D eigenvalue weighted by Gasteiger charge is 2.46. The van der Waals surface area contributed by atoms with Gasteiger partial charge in [-0.25, -0.2) is 0 Å². The summed E-state index contributed by atoms with van der Waals surface area (Å²) >= 11 is 0. The third kappa shape index (κ3) is 2.88. The Balaban J connectivity index is 2.07. The van der Waals surface area contributed by atoms with E-state index in [0.29, 0.717) is 30.2 Å². The molecule has 128 valence electrons. The fourth-order valence-electron chi connectivity index (χ4n) is 3.19. The van der Waals surface area contributed by atoms with E-state index in [1.807, 2.05) is 0 Å². The van der Waals surface area contributed by atoms with Gasteiger partial charge in [0, 0.05) is 18.3 Å². The van der Waals surface area contributed by atoms with E-state index < -0.39 is 12.2 Å². The van der Waals surface area contributed by atoms with E-state index in [2.05, 4.69) is 0 Å². The van der Waals surface area contributed by atoms with Crippen LogP contribution in [-0.4, -0.2) is 26.9 Å². The molecule has 2 aromatic carbocycles. The topological polar surface area (TPSA) is 21.7 Å². The number of nitrogens with zero attached hydrogens (tertiary/aromatic N) is 1. The van der Waals surface area contributed by atoms with E-state index >= 15 is 0 Å². The highest BCUT2D eigenvalue weighted by atomic mass is 19.4. The average molecular weight is 337 g/mol. The van der Waals surface area contributed by atoms with Gasteiger partial charge in [-0.3, -0.25) is 0 Å². The first-order valence-electron chi connectivity index (χ1n) is 7.59. The predicted molar refractivity (Wildman–Crippen MR) is 85.8 cm³/mol. The Bertz CT molecular complexity index is 716. The number of benzene rings is 2. The van der Waals surface area contributed by atoms with Crippen LogP contribution < -0.4 is 14.4 Å². The minimum Gasteiger partial charge on any atom is -0.493 e. The molecule has 3 rings (SSSR count). The van der Waals surface area contributed by atoms with Gasteiger partial charge in [-0.1, -0.05) is 30.3 Å². The standard InChI is InChI=1S/C18H18F3NO2/c1-23-15-10-13-8-9-22(14(13)11-16(15)24-2)17(18(19,20)21)12-6-4-3-5-7-12/h3-7,10-11,17H,8-9H2,1-2H3. The van der Waals surface area contributed by atoms with Crippen LogP contribution in [0.2, 0.25) is 0 Å². The summed E-state index contributed by atoms with van der Waals surface area (Å²) in [4.78, 5) is 1.40. The summed E-state index contributed by atoms with van der Waals surface area (Å²) in [6.45, 7) is 0.296. The highest BCUT2D eigenvalue weighted by molar-refractivity contribution is 5.66. The molecule has 0 saturated heterocycles. The number of methoxy groups -OCH3 is 2. The largest absolute Gasteiger partial charge is 0.493 e. The first kappa shape index (κ1) is 16.5. The zero-order valence-corrected chi connectivity index (χ0v) is 13.4. The van der Waals surface area contributed by atoms with Crippen molar-refractivity contribution in [3.05, 3.63) is 53.6 Å². The molecule has 2 aromatic rings. The molecule has 24 heavy (non-hydrogen) atoms. The molecule has 0 radical (unpaired) electrons. The summed E-state index contributed by atoms with van der Waals surface area (Å²) in [6.07, 6.45) is -3.84. The van der Waals surface area contributed by atoms with Crippen molar-refractivity contribution < 1.29 is 22.6 Å². The molecule has 0 aromatic heterocycles. The van der Waals surface area contributed by atoms with Gasteiger partial charge < -0.3 is 14.4 Å². The van der Waals surface area contributed by atoms with Crippen LogP contribution in [0.15, 0.2) is 42.5 Å². The van der Waals surface area contributed by atoms with Gasteiger partial charge in [0.1, 0.15) is 0 Å². The average Bonchev–Trinajstić information content (AvgIpc) is 2.96. The monoisotopic (exact) mass is 337 g/mol. The first-order chi connectivity index (χ1) is 11.5. The van der Waals surface area contributed by atoms with Crippen LogP contribution in [0.4, 0.5) is 18.9 Å². The third-order valence-electron chi connectivity index (χ3n) is 4.25. The summed E-state index contributed by atoms with van der Waals surface area (Å²) in [5, 5.41) is 0. The molecule has 0 aliphatic carbocycles. The quantitative estimate of drug-likeness (QED) is 0.827. The molecule has 1 aliphatic rings. The van der Waals surface area contributed by atoms with Crippen molar-refractivity contribution >= 4 is 5.69 Å². The number of ether oxygens (including phenoxy) is 2. The van der Waals surface area contributed by atoms with Crippen LogP contribution in [0.1, 0.15) is 17.2 Å². The third-order valence-corrected chi connectivity index (χ3v) is 4.25. The Morgan fingerprint density at radius 2 is 1.62 bits per heavy atom. The number of rotatable bonds is 4. The molecule has 6 heteroatoms. The van der Waals surface area contributed by atoms with Crippen LogP contribution >= 0.6 is 0 Å². The van der Waals surface area contributed by atoms with E-state index in [1.54, 1.807) is 30.3 Å². The summed E-state index contributed by atoms with van der Waals surface area (Å²) < 4.78 is 51.8. The molecule has 0 fully saturated rings. The van der Waals surface area contributed by atoms with E-state index in [-0.39, 0.29) is 5.56 Å². The SMILES string of the molecule is COc1cc2c(cc1OC)N(C(c1ccccc1)C(F)(F)F)CC2. The molecule has 0 N–H and O–H groups in total. The maximum Gasteiger partial charge on any atom is 0.412 e. The Kier molecular flexibility index (Phi) is 4.30. The van der Waals surface area contributed by atoms with E-state index in [4.69, 9.17) is 9.47 Å². The number of anilines is 1. The maximum absolute atomic E-state index is 13.8. The number of hydrogen-bond donors (Lipinski definition) is 0. The number of fused-ring (bicyclic) bond motifs is 1. The van der Waals surface area contributed by atoms with Crippen LogP contribution in [-0.2, 0) is 6.42 Å². The van der Waals surface area contributed by atoms with Crippen LogP contribution in [0, 0.1) is 0 Å². The van der Waals surface area contributed by atoms with Gasteiger partial charge in [-0.2, -0.15) is 13.2 Å². The molecule has 1 aliphatic heterocycles. The molecule has 0 bridgehead atoms. The van der Waals surface area contributed by atoms with Gasteiger partial charge >= 0.3 is 6.18 Å². The minimum atomic E-state index is -4.38. The Morgan fingerprint density at radius 1 is 1.00 bits per heavy atom. The van der Waals surface area contributed by atoms with Crippen molar-refractivity contribution in [1.82, 2.24) is 0 Å². The number of hydrogen-bond acceptors (Lipinski definition) is 3. The molecule has 0 spiro atoms. The van der Waals surface area contributed by atoms with Gasteiger partial charge in [-0.05, 0) is 23.6 Å². The van der Waals surface area contributed by atoms with Crippen molar-refractivity contribution in [1.29, 1.82) is 0 Å². The van der Waals surface area contributed by atoms with Gasteiger partial charge in [0.15, 0.2) is 17.5 Å². The first-order valence-corrected chi connectivity index (χ1v) is 7.59. The maximum atomic E-state index is 13.8. The van der Waals surface area contributed by atoms with Crippen molar-refractivity contribution in [2.45, 2.75) is 18.6 Å². The van der Waals surface area contributed by atoms with Gasteiger partial charge in [0.2, 0.25) is 0 Å². The molecule has 0 saturated carbocycles. The Labute approximate surface area is 138 Å². The second kappa shape index (κ2) is 6.26. The molecule has 1 unspecified atom stereocenters. The second-order valence-corrected chi connectivity index (χ2v) is 5.63. The lowest BCUT2D eigenvalue weighted by Gasteiger charge is -2.32. The lowest BCUT2D eigenvalue weighted by atomic mass is 10.0. The molecule has 0 amide bonds. The fraction of sp³-hybridized carbons (Fsp3) is 0.333. The minimum absolute atomic E-state index is 0.229. The van der Waals surface area contributed by atoms with Crippen molar-refractivity contribution in [3.63, 3.8) is 0 Å². The predicted octanol–water partition coefficient (Wildman–Crippen LogP) is 4.37. The fourth-order valence-corrected chi connectivity index (χ4v) is 3.19. The summed E-state index contributed by atoms with van der Waals surface area (Å²) in [5.41, 5.74) is 1.60. The van der Waals surface area contributed by atoms with Crippen LogP contribution in [0.25, 0.3) is 0 Å². The van der Waals surface area contributed by atoms with Gasteiger partial charge in [0.25, 0.3) is 0 Å². The van der Waals surface area contributed by atoms with E-state index in [9.17, 15) is 13.2 Å². The summed E-state index contributed by atoms with van der Waals surface area (Å²) in [5.74, 6) is 0.957. The smallest absolute Gasteiger partial charge is 0.412 e. The van der Waals surface area contributed by atoms with E-state index in [1.165, 1.54) is 31.3 Å². The molecular weight excluding hydrogens is 319 g/mol. The normalized spacial score (nSPS) is 15.1. The van der Waals surface area contributed by atoms with Crippen molar-refractivity contribution in [2.75, 3.05) is 25.7 Å². The lowest BCUT2D eigenvalue weighted by Crippen LogP contribution is -2.37. The van der Waals surface area contributed by atoms with Crippen molar-refractivity contribution in [2.24, 2.45) is 0 Å². The molecule has 1 heterocycles. The summed E-state index contributed by atoms with van der Waals surface area (Å²) in [7, 11) is 2.99. The Hall–Kier alpha value is -2.37. The lowest BCUT2D eigenvalue weighted by molar-refractivity contribution is -0.150. The Morgan fingerprint density at radius 3 is 2.21 bits per heavy atom. The van der Waals surface area contributed by atoms with Crippen molar-refractivity contribution in [3.8, 4) is 11.5 Å². The van der Waals surface area contributed by atoms with Gasteiger partial charge in [-0.15, -0.1) is 0 Å².